The molecule has 0 saturated heterocycles. The van der Waals surface area contributed by atoms with Gasteiger partial charge < -0.3 is 5.11 Å². The van der Waals surface area contributed by atoms with Crippen molar-refractivity contribution in [2.75, 3.05) is 0 Å². The number of Topliss-reactive ketones (excluding diaryl/α,β-unsaturated/α-hetero) is 1. The Labute approximate surface area is 209 Å². The summed E-state index contributed by atoms with van der Waals surface area (Å²) in [6.45, 7) is 0. The van der Waals surface area contributed by atoms with E-state index in [1.165, 1.54) is 41.2 Å². The van der Waals surface area contributed by atoms with Gasteiger partial charge in [-0.05, 0) is 29.8 Å². The molecule has 0 amide bonds. The van der Waals surface area contributed by atoms with Crippen molar-refractivity contribution in [3.05, 3.63) is 95.6 Å². The number of aliphatic imine (C=N–C) groups is 1. The third-order valence-corrected chi connectivity index (χ3v) is 6.20. The van der Waals surface area contributed by atoms with Crippen molar-refractivity contribution in [2.45, 2.75) is 18.4 Å². The smallest absolute Gasteiger partial charge is 0.318 e. The van der Waals surface area contributed by atoms with E-state index >= 15 is 0 Å². The number of aromatic nitrogens is 2. The third-order valence-electron chi connectivity index (χ3n) is 6.20. The molecule has 37 heavy (non-hydrogen) atoms. The second-order valence-electron chi connectivity index (χ2n) is 8.45. The first-order valence-corrected chi connectivity index (χ1v) is 11.3. The lowest BCUT2D eigenvalue weighted by atomic mass is 9.89. The Morgan fingerprint density at radius 1 is 1.05 bits per heavy atom. The van der Waals surface area contributed by atoms with Crippen molar-refractivity contribution < 1.29 is 23.5 Å². The highest BCUT2D eigenvalue weighted by Gasteiger charge is 2.38. The molecule has 5 rings (SSSR count). The standard InChI is InChI=1S/C28H18F2N4O3/c29-19-10-11-20(21(30)14-19)24-25(18-4-2-1-3-5-18)33-34-22(12-13-32-27(24)34)26(35)23(28(36)37)17-8-6-16(15-31)7-9-17/h1-11,13-14,22-23H,12H2,(H,36,37). The highest BCUT2D eigenvalue weighted by Crippen LogP contribution is 2.44. The van der Waals surface area contributed by atoms with Crippen LogP contribution < -0.4 is 0 Å². The van der Waals surface area contributed by atoms with Gasteiger partial charge in [-0.3, -0.25) is 9.59 Å². The number of halogens is 2. The highest BCUT2D eigenvalue weighted by atomic mass is 19.1. The molecule has 1 N–H and O–H groups in total. The second kappa shape index (κ2) is 9.59. The van der Waals surface area contributed by atoms with Crippen LogP contribution in [0.1, 0.15) is 29.5 Å². The van der Waals surface area contributed by atoms with E-state index in [1.54, 1.807) is 30.3 Å². The van der Waals surface area contributed by atoms with E-state index in [1.807, 2.05) is 6.07 Å². The van der Waals surface area contributed by atoms with E-state index in [2.05, 4.69) is 10.1 Å². The van der Waals surface area contributed by atoms with Crippen LogP contribution in [-0.2, 0) is 9.59 Å². The van der Waals surface area contributed by atoms with E-state index in [9.17, 15) is 23.5 Å². The van der Waals surface area contributed by atoms with Crippen molar-refractivity contribution in [3.8, 4) is 28.5 Å². The zero-order valence-electron chi connectivity index (χ0n) is 19.2. The fourth-order valence-corrected chi connectivity index (χ4v) is 4.45. The Kier molecular flexibility index (Phi) is 6.15. The molecule has 2 atom stereocenters. The third kappa shape index (κ3) is 4.29. The molecular formula is C28H18F2N4O3. The molecule has 0 saturated carbocycles. The van der Waals surface area contributed by atoms with Gasteiger partial charge in [0.1, 0.15) is 29.3 Å². The van der Waals surface area contributed by atoms with Crippen molar-refractivity contribution in [1.29, 1.82) is 5.26 Å². The first-order valence-electron chi connectivity index (χ1n) is 11.3. The number of carbonyl (C=O) groups is 2. The Bertz CT molecular complexity index is 1590. The summed E-state index contributed by atoms with van der Waals surface area (Å²) in [4.78, 5) is 30.3. The molecule has 2 unspecified atom stereocenters. The highest BCUT2D eigenvalue weighted by molar-refractivity contribution is 6.07. The maximum Gasteiger partial charge on any atom is 0.318 e. The summed E-state index contributed by atoms with van der Waals surface area (Å²) < 4.78 is 30.0. The monoisotopic (exact) mass is 496 g/mol. The summed E-state index contributed by atoms with van der Waals surface area (Å²) >= 11 is 0. The number of carbonyl (C=O) groups excluding carboxylic acids is 1. The fourth-order valence-electron chi connectivity index (χ4n) is 4.45. The van der Waals surface area contributed by atoms with Gasteiger partial charge in [0.2, 0.25) is 0 Å². The van der Waals surface area contributed by atoms with Gasteiger partial charge >= 0.3 is 5.97 Å². The largest absolute Gasteiger partial charge is 0.480 e. The number of hydrogen-bond acceptors (Lipinski definition) is 5. The quantitative estimate of drug-likeness (QED) is 0.357. The van der Waals surface area contributed by atoms with E-state index < -0.39 is 35.3 Å². The molecule has 4 aromatic rings. The molecule has 1 aromatic heterocycles. The lowest BCUT2D eigenvalue weighted by Gasteiger charge is -2.23. The van der Waals surface area contributed by atoms with Crippen LogP contribution in [0.2, 0.25) is 0 Å². The lowest BCUT2D eigenvalue weighted by molar-refractivity contribution is -0.143. The molecule has 2 heterocycles. The van der Waals surface area contributed by atoms with Crippen LogP contribution in [0.3, 0.4) is 0 Å². The molecule has 1 aliphatic heterocycles. The molecule has 1 aliphatic rings. The number of hydrogen-bond donors (Lipinski definition) is 1. The van der Waals surface area contributed by atoms with Gasteiger partial charge in [0.15, 0.2) is 11.6 Å². The van der Waals surface area contributed by atoms with Crippen LogP contribution in [0.4, 0.5) is 14.6 Å². The molecule has 0 radical (unpaired) electrons. The van der Waals surface area contributed by atoms with Gasteiger partial charge in [-0.2, -0.15) is 10.4 Å². The summed E-state index contributed by atoms with van der Waals surface area (Å²) in [6, 6.07) is 18.7. The molecule has 3 aromatic carbocycles. The number of carboxylic acids is 1. The minimum atomic E-state index is -1.52. The Morgan fingerprint density at radius 2 is 1.78 bits per heavy atom. The zero-order chi connectivity index (χ0) is 26.1. The number of rotatable bonds is 6. The predicted molar refractivity (Wildman–Crippen MR) is 131 cm³/mol. The molecule has 0 aliphatic carbocycles. The van der Waals surface area contributed by atoms with Gasteiger partial charge in [0, 0.05) is 29.8 Å². The van der Waals surface area contributed by atoms with Gasteiger partial charge in [-0.15, -0.1) is 0 Å². The fraction of sp³-hybridized carbons (Fsp3) is 0.107. The number of nitriles is 1. The van der Waals surface area contributed by atoms with Crippen LogP contribution >= 0.6 is 0 Å². The molecule has 7 nitrogen and oxygen atoms in total. The number of aliphatic carboxylic acids is 1. The number of nitrogens with zero attached hydrogens (tertiary/aromatic N) is 4. The van der Waals surface area contributed by atoms with Crippen LogP contribution in [0.15, 0.2) is 77.8 Å². The molecule has 9 heteroatoms. The number of benzene rings is 3. The summed E-state index contributed by atoms with van der Waals surface area (Å²) in [6.07, 6.45) is 1.55. The predicted octanol–water partition coefficient (Wildman–Crippen LogP) is 5.45. The topological polar surface area (TPSA) is 108 Å². The van der Waals surface area contributed by atoms with Gasteiger partial charge in [0.25, 0.3) is 0 Å². The van der Waals surface area contributed by atoms with Gasteiger partial charge in [-0.1, -0.05) is 42.5 Å². The summed E-state index contributed by atoms with van der Waals surface area (Å²) in [7, 11) is 0. The van der Waals surface area contributed by atoms with Crippen molar-refractivity contribution in [1.82, 2.24) is 9.78 Å². The first-order chi connectivity index (χ1) is 17.9. The van der Waals surface area contributed by atoms with Crippen LogP contribution in [-0.4, -0.2) is 32.9 Å². The maximum absolute atomic E-state index is 15.0. The molecule has 0 fully saturated rings. The summed E-state index contributed by atoms with van der Waals surface area (Å²) in [5.74, 6) is -4.91. The minimum Gasteiger partial charge on any atom is -0.480 e. The van der Waals surface area contributed by atoms with E-state index in [4.69, 9.17) is 5.26 Å². The van der Waals surface area contributed by atoms with Gasteiger partial charge in [-0.25, -0.2) is 18.5 Å². The zero-order valence-corrected chi connectivity index (χ0v) is 19.2. The van der Waals surface area contributed by atoms with Crippen LogP contribution in [0.5, 0.6) is 0 Å². The van der Waals surface area contributed by atoms with Crippen molar-refractivity contribution in [2.24, 2.45) is 4.99 Å². The van der Waals surface area contributed by atoms with Crippen LogP contribution in [0.25, 0.3) is 22.4 Å². The minimum absolute atomic E-state index is 0.0497. The average Bonchev–Trinajstić information content (AvgIpc) is 3.29. The summed E-state index contributed by atoms with van der Waals surface area (Å²) in [5, 5.41) is 23.6. The first kappa shape index (κ1) is 23.8. The number of carboxylic acid groups (broad SMARTS) is 1. The van der Waals surface area contributed by atoms with E-state index in [0.717, 1.165) is 12.1 Å². The SMILES string of the molecule is N#Cc1ccc(C(C(=O)O)C(=O)C2CC=Nc3c(-c4ccc(F)cc4F)c(-c4ccccc4)nn32)cc1. The molecule has 0 bridgehead atoms. The Morgan fingerprint density at radius 3 is 2.43 bits per heavy atom. The normalized spacial score (nSPS) is 15.0. The van der Waals surface area contributed by atoms with E-state index in [-0.39, 0.29) is 28.9 Å². The second-order valence-corrected chi connectivity index (χ2v) is 8.45. The lowest BCUT2D eigenvalue weighted by Crippen LogP contribution is -2.32. The summed E-state index contributed by atoms with van der Waals surface area (Å²) in [5.41, 5.74) is 1.81. The Hall–Kier alpha value is -4.97. The van der Waals surface area contributed by atoms with Crippen molar-refractivity contribution in [3.63, 3.8) is 0 Å². The van der Waals surface area contributed by atoms with Gasteiger partial charge in [0.05, 0.1) is 17.2 Å². The molecule has 0 spiro atoms. The van der Waals surface area contributed by atoms with Crippen LogP contribution in [0, 0.1) is 23.0 Å². The van der Waals surface area contributed by atoms with E-state index in [0.29, 0.717) is 16.8 Å². The van der Waals surface area contributed by atoms with Crippen molar-refractivity contribution >= 4 is 23.8 Å². The number of ketones is 1. The Balaban J connectivity index is 1.66. The molecular weight excluding hydrogens is 478 g/mol. The maximum atomic E-state index is 15.0. The molecule has 182 valence electrons. The number of fused-ring (bicyclic) bond motifs is 1. The average molecular weight is 496 g/mol.